The molecule has 0 bridgehead atoms. The number of aliphatic hydroxyl groups excluding tert-OH is 9. The summed E-state index contributed by atoms with van der Waals surface area (Å²) >= 11 is 0. The fraction of sp³-hybridized carbons (Fsp3) is 0.559. The van der Waals surface area contributed by atoms with E-state index in [0.717, 1.165) is 12.1 Å². The van der Waals surface area contributed by atoms with E-state index in [-0.39, 0.29) is 28.4 Å². The summed E-state index contributed by atoms with van der Waals surface area (Å²) in [5.74, 6) is -2.50. The van der Waals surface area contributed by atoms with Crippen LogP contribution in [-0.4, -0.2) is 174 Å². The Hall–Kier alpha value is -3.91. The minimum atomic E-state index is -2.02. The monoisotopic (exact) mass is 786 g/mol. The zero-order valence-electron chi connectivity index (χ0n) is 29.0. The summed E-state index contributed by atoms with van der Waals surface area (Å²) in [6.45, 7) is -0.0427. The minimum absolute atomic E-state index is 0.0482. The van der Waals surface area contributed by atoms with E-state index in [4.69, 9.17) is 37.6 Å². The number of rotatable bonds is 10. The second-order valence-electron chi connectivity index (χ2n) is 13.3. The number of aliphatic hydroxyl groups is 9. The van der Waals surface area contributed by atoms with Gasteiger partial charge in [0.2, 0.25) is 17.5 Å². The molecule has 0 spiro atoms. The van der Waals surface area contributed by atoms with Gasteiger partial charge in [-0.2, -0.15) is 0 Å². The van der Waals surface area contributed by atoms with Gasteiger partial charge in [-0.3, -0.25) is 4.79 Å². The quantitative estimate of drug-likeness (QED) is 0.0946. The highest BCUT2D eigenvalue weighted by atomic mass is 16.8. The molecule has 304 valence electrons. The Morgan fingerprint density at radius 2 is 1.35 bits per heavy atom. The summed E-state index contributed by atoms with van der Waals surface area (Å²) in [6.07, 6.45) is -25.4. The number of methoxy groups -OCH3 is 1. The van der Waals surface area contributed by atoms with Gasteiger partial charge in [0.05, 0.1) is 26.4 Å². The van der Waals surface area contributed by atoms with Crippen LogP contribution in [0.5, 0.6) is 28.7 Å². The lowest BCUT2D eigenvalue weighted by molar-refractivity contribution is -0.359. The molecule has 15 atom stereocenters. The second-order valence-corrected chi connectivity index (χ2v) is 13.3. The molecule has 3 saturated heterocycles. The van der Waals surface area contributed by atoms with E-state index in [1.54, 1.807) is 0 Å². The Balaban J connectivity index is 1.20. The molecule has 3 aromatic rings. The van der Waals surface area contributed by atoms with Crippen molar-refractivity contribution in [2.45, 2.75) is 99.0 Å². The van der Waals surface area contributed by atoms with Gasteiger partial charge < -0.3 is 98.9 Å². The molecule has 0 amide bonds. The number of fused-ring (bicyclic) bond motifs is 1. The lowest BCUT2D eigenvalue weighted by Crippen LogP contribution is -2.64. The zero-order valence-corrected chi connectivity index (χ0v) is 29.0. The normalized spacial score (nSPS) is 36.8. The van der Waals surface area contributed by atoms with Crippen LogP contribution in [0.2, 0.25) is 0 Å². The van der Waals surface area contributed by atoms with E-state index in [1.807, 2.05) is 0 Å². The Bertz CT molecular complexity index is 1870. The smallest absolute Gasteiger partial charge is 0.239 e. The van der Waals surface area contributed by atoms with Gasteiger partial charge in [-0.1, -0.05) is 0 Å². The average Bonchev–Trinajstić information content (AvgIpc) is 3.15. The largest absolute Gasteiger partial charge is 0.508 e. The number of benzene rings is 2. The van der Waals surface area contributed by atoms with E-state index < -0.39 is 133 Å². The third-order valence-electron chi connectivity index (χ3n) is 9.60. The van der Waals surface area contributed by atoms with Crippen LogP contribution in [0.4, 0.5) is 0 Å². The fourth-order valence-corrected chi connectivity index (χ4v) is 6.51. The maximum absolute atomic E-state index is 13.8. The van der Waals surface area contributed by atoms with Crippen LogP contribution < -0.4 is 14.9 Å². The molecule has 3 aliphatic rings. The standard InChI is InChI=1S/C34H42O21/c1-10-29(54-33-26(45)23(42)20(39)17(8-35)52-33)25(44)28(47)32(50-10)49-9-18-21(40)24(43)27(46)34(53-18)55-31-22(41)19-14(38)6-12(36)7-16(19)51-30(31)11-3-4-13(37)15(5-11)48-2/h3-7,10,17-18,20-21,23-29,32-40,42-47H,8-9H2,1-2H3/t10-,17+,18-,20+,21+,23-,24+,25+,26+,27-,28+,29-,32+,33-,34-/m0/s1. The Morgan fingerprint density at radius 3 is 2.02 bits per heavy atom. The van der Waals surface area contributed by atoms with Crippen LogP contribution >= 0.6 is 0 Å². The molecular weight excluding hydrogens is 744 g/mol. The predicted molar refractivity (Wildman–Crippen MR) is 178 cm³/mol. The molecule has 3 fully saturated rings. The van der Waals surface area contributed by atoms with E-state index in [9.17, 15) is 66.1 Å². The van der Waals surface area contributed by atoms with Crippen molar-refractivity contribution >= 4 is 11.0 Å². The van der Waals surface area contributed by atoms with Crippen molar-refractivity contribution in [1.29, 1.82) is 0 Å². The topological polar surface area (TPSA) is 338 Å². The number of phenolic OH excluding ortho intramolecular Hbond substituents is 3. The second kappa shape index (κ2) is 16.3. The third kappa shape index (κ3) is 7.77. The first kappa shape index (κ1) is 40.7. The number of aromatic hydroxyl groups is 3. The van der Waals surface area contributed by atoms with Crippen LogP contribution in [0.25, 0.3) is 22.3 Å². The van der Waals surface area contributed by atoms with Gasteiger partial charge in [0.15, 0.2) is 29.8 Å². The Morgan fingerprint density at radius 1 is 0.709 bits per heavy atom. The van der Waals surface area contributed by atoms with Crippen molar-refractivity contribution in [2.75, 3.05) is 20.3 Å². The van der Waals surface area contributed by atoms with Crippen LogP contribution in [0.1, 0.15) is 6.92 Å². The van der Waals surface area contributed by atoms with E-state index in [0.29, 0.717) is 0 Å². The van der Waals surface area contributed by atoms with Gasteiger partial charge >= 0.3 is 0 Å². The van der Waals surface area contributed by atoms with Crippen LogP contribution in [-0.2, 0) is 23.7 Å². The summed E-state index contributed by atoms with van der Waals surface area (Å²) in [5.41, 5.74) is -1.23. The van der Waals surface area contributed by atoms with E-state index >= 15 is 0 Å². The lowest BCUT2D eigenvalue weighted by Gasteiger charge is -2.46. The number of phenols is 3. The maximum Gasteiger partial charge on any atom is 0.239 e. The Labute approximate surface area is 309 Å². The average molecular weight is 787 g/mol. The predicted octanol–water partition coefficient (Wildman–Crippen LogP) is -3.56. The van der Waals surface area contributed by atoms with Crippen molar-refractivity contribution < 1.29 is 98.9 Å². The fourth-order valence-electron chi connectivity index (χ4n) is 6.51. The molecule has 0 aliphatic carbocycles. The SMILES string of the molecule is COc1cc(-c2oc3cc(O)cc(O)c3c(=O)c2O[C@@H]2O[C@@H](CO[C@@H]3O[C@@H](C)[C@H](O[C@@H]4O[C@H](CO)[C@@H](O)[C@H](O)[C@H]4O)[C@H](O)[C@H]3O)[C@@H](O)[C@@H](O)[C@@H]2O)ccc1O. The number of hydrogen-bond acceptors (Lipinski definition) is 21. The molecule has 1 aromatic heterocycles. The highest BCUT2D eigenvalue weighted by Gasteiger charge is 2.51. The molecule has 0 radical (unpaired) electrons. The summed E-state index contributed by atoms with van der Waals surface area (Å²) in [7, 11) is 1.26. The highest BCUT2D eigenvalue weighted by Crippen LogP contribution is 2.40. The van der Waals surface area contributed by atoms with Crippen molar-refractivity contribution in [2.24, 2.45) is 0 Å². The third-order valence-corrected chi connectivity index (χ3v) is 9.60. The van der Waals surface area contributed by atoms with E-state index in [1.165, 1.54) is 32.2 Å². The van der Waals surface area contributed by atoms with Gasteiger partial charge in [-0.15, -0.1) is 0 Å². The van der Waals surface area contributed by atoms with Crippen molar-refractivity contribution in [3.05, 3.63) is 40.6 Å². The van der Waals surface area contributed by atoms with Gasteiger partial charge in [0, 0.05) is 17.7 Å². The first-order chi connectivity index (χ1) is 26.1. The molecule has 21 heteroatoms. The van der Waals surface area contributed by atoms with Crippen molar-refractivity contribution in [1.82, 2.24) is 0 Å². The molecule has 4 heterocycles. The molecule has 0 unspecified atom stereocenters. The lowest BCUT2D eigenvalue weighted by atomic mass is 9.97. The van der Waals surface area contributed by atoms with Crippen LogP contribution in [0.15, 0.2) is 39.5 Å². The molecule has 2 aromatic carbocycles. The van der Waals surface area contributed by atoms with E-state index in [2.05, 4.69) is 0 Å². The molecular formula is C34H42O21. The molecule has 12 N–H and O–H groups in total. The zero-order chi connectivity index (χ0) is 40.0. The minimum Gasteiger partial charge on any atom is -0.508 e. The van der Waals surface area contributed by atoms with Gasteiger partial charge in [-0.25, -0.2) is 0 Å². The van der Waals surface area contributed by atoms with Gasteiger partial charge in [-0.05, 0) is 25.1 Å². The summed E-state index contributed by atoms with van der Waals surface area (Å²) in [6, 6.07) is 5.71. The van der Waals surface area contributed by atoms with Crippen LogP contribution in [0, 0.1) is 0 Å². The summed E-state index contributed by atoms with van der Waals surface area (Å²) in [5, 5.41) is 124. The highest BCUT2D eigenvalue weighted by molar-refractivity contribution is 5.88. The molecule has 0 saturated carbocycles. The van der Waals surface area contributed by atoms with Crippen molar-refractivity contribution in [3.8, 4) is 40.1 Å². The Kier molecular flexibility index (Phi) is 12.1. The molecule has 55 heavy (non-hydrogen) atoms. The van der Waals surface area contributed by atoms with Gasteiger partial charge in [0.25, 0.3) is 0 Å². The number of ether oxygens (including phenoxy) is 7. The first-order valence-corrected chi connectivity index (χ1v) is 16.9. The first-order valence-electron chi connectivity index (χ1n) is 16.9. The molecule has 3 aliphatic heterocycles. The van der Waals surface area contributed by atoms with Gasteiger partial charge in [0.1, 0.15) is 89.6 Å². The number of hydrogen-bond donors (Lipinski definition) is 12. The summed E-state index contributed by atoms with van der Waals surface area (Å²) in [4.78, 5) is 13.8. The summed E-state index contributed by atoms with van der Waals surface area (Å²) < 4.78 is 44.7. The molecule has 6 rings (SSSR count). The maximum atomic E-state index is 13.8. The van der Waals surface area contributed by atoms with Crippen LogP contribution in [0.3, 0.4) is 0 Å². The molecule has 21 nitrogen and oxygen atoms in total. The van der Waals surface area contributed by atoms with Crippen molar-refractivity contribution in [3.63, 3.8) is 0 Å².